The van der Waals surface area contributed by atoms with E-state index in [2.05, 4.69) is 134 Å². The zero-order valence-electron chi connectivity index (χ0n) is 40.1. The van der Waals surface area contributed by atoms with Gasteiger partial charge in [0.2, 0.25) is 17.7 Å². The molecule has 0 fully saturated rings. The van der Waals surface area contributed by atoms with E-state index >= 15 is 0 Å². The van der Waals surface area contributed by atoms with Crippen LogP contribution in [0.5, 0.6) is 0 Å². The third kappa shape index (κ3) is 33.8. The molecule has 0 aromatic heterocycles. The lowest BCUT2D eigenvalue weighted by Gasteiger charge is -2.22. The van der Waals surface area contributed by atoms with Crippen molar-refractivity contribution in [3.05, 3.63) is 93.2 Å². The second kappa shape index (κ2) is 35.0. The number of thioether (sulfide) groups is 2. The van der Waals surface area contributed by atoms with Crippen LogP contribution >= 0.6 is 23.5 Å². The second-order valence-corrected chi connectivity index (χ2v) is 19.2. The van der Waals surface area contributed by atoms with E-state index in [0.717, 1.165) is 77.0 Å². The fourth-order valence-corrected chi connectivity index (χ4v) is 8.04. The number of hydrogen-bond donors (Lipinski definition) is 4. The third-order valence-electron chi connectivity index (χ3n) is 10.0. The van der Waals surface area contributed by atoms with E-state index in [1.54, 1.807) is 0 Å². The monoisotopic (exact) mass is 882 g/mol. The van der Waals surface area contributed by atoms with Gasteiger partial charge in [-0.2, -0.15) is 23.5 Å². The predicted molar refractivity (Wildman–Crippen MR) is 266 cm³/mol. The van der Waals surface area contributed by atoms with Crippen molar-refractivity contribution >= 4 is 47.2 Å². The van der Waals surface area contributed by atoms with Crippen LogP contribution in [0.1, 0.15) is 160 Å². The molecule has 0 aromatic rings. The van der Waals surface area contributed by atoms with Gasteiger partial charge in [-0.1, -0.05) is 93.2 Å². The van der Waals surface area contributed by atoms with Crippen molar-refractivity contribution in [2.24, 2.45) is 0 Å². The summed E-state index contributed by atoms with van der Waals surface area (Å²) < 4.78 is 0. The molecule has 0 spiro atoms. The summed E-state index contributed by atoms with van der Waals surface area (Å²) in [4.78, 5) is 50.1. The molecule has 0 unspecified atom stereocenters. The Morgan fingerprint density at radius 3 is 1.10 bits per heavy atom. The molecule has 3 atom stereocenters. The molecular weight excluding hydrogens is 799 g/mol. The van der Waals surface area contributed by atoms with Crippen LogP contribution in [0.4, 0.5) is 0 Å². The van der Waals surface area contributed by atoms with E-state index in [1.165, 1.54) is 82.0 Å². The summed E-state index contributed by atoms with van der Waals surface area (Å²) in [5, 5.41) is 17.7. The molecule has 0 rings (SSSR count). The molecule has 0 saturated carbocycles. The van der Waals surface area contributed by atoms with Crippen molar-refractivity contribution < 1.29 is 24.3 Å². The summed E-state index contributed by atoms with van der Waals surface area (Å²) in [7, 11) is 0. The van der Waals surface area contributed by atoms with E-state index < -0.39 is 35.9 Å². The van der Waals surface area contributed by atoms with Crippen LogP contribution in [0.25, 0.3) is 0 Å². The van der Waals surface area contributed by atoms with E-state index in [4.69, 9.17) is 0 Å². The first-order chi connectivity index (χ1) is 28.8. The van der Waals surface area contributed by atoms with Crippen LogP contribution in [0, 0.1) is 0 Å². The first kappa shape index (κ1) is 57.5. The molecule has 0 bridgehead atoms. The Kier molecular flexibility index (Phi) is 33.0. The van der Waals surface area contributed by atoms with Gasteiger partial charge in [-0.25, -0.2) is 4.79 Å². The smallest absolute Gasteiger partial charge is 0.327 e. The van der Waals surface area contributed by atoms with Gasteiger partial charge >= 0.3 is 5.97 Å². The normalized spacial score (nSPS) is 14.5. The van der Waals surface area contributed by atoms with Crippen molar-refractivity contribution in [2.75, 3.05) is 23.0 Å². The number of rotatable bonds is 32. The fourth-order valence-electron chi connectivity index (χ4n) is 6.03. The zero-order valence-corrected chi connectivity index (χ0v) is 41.7. The highest BCUT2D eigenvalue weighted by atomic mass is 32.2. The van der Waals surface area contributed by atoms with Crippen LogP contribution in [-0.4, -0.2) is 69.9 Å². The maximum atomic E-state index is 13.2. The van der Waals surface area contributed by atoms with Crippen LogP contribution in [0.2, 0.25) is 0 Å². The summed E-state index contributed by atoms with van der Waals surface area (Å²) in [5.41, 5.74) is 10.9. The minimum atomic E-state index is -1.13. The molecule has 344 valence electrons. The van der Waals surface area contributed by atoms with Crippen molar-refractivity contribution in [3.63, 3.8) is 0 Å². The number of carboxylic acids is 1. The van der Waals surface area contributed by atoms with Crippen LogP contribution in [0.3, 0.4) is 0 Å². The molecule has 61 heavy (non-hydrogen) atoms. The average molecular weight is 882 g/mol. The van der Waals surface area contributed by atoms with Crippen molar-refractivity contribution in [2.45, 2.75) is 178 Å². The van der Waals surface area contributed by atoms with Gasteiger partial charge < -0.3 is 21.1 Å². The maximum Gasteiger partial charge on any atom is 0.327 e. The number of amides is 3. The molecule has 0 aliphatic rings. The second-order valence-electron chi connectivity index (χ2n) is 17.1. The Bertz CT molecular complexity index is 1610. The lowest BCUT2D eigenvalue weighted by molar-refractivity contribution is -0.141. The maximum absolute atomic E-state index is 13.2. The first-order valence-corrected chi connectivity index (χ1v) is 24.6. The molecule has 0 aromatic carbocycles. The molecule has 0 aliphatic carbocycles. The average Bonchev–Trinajstić information content (AvgIpc) is 3.16. The Morgan fingerprint density at radius 1 is 0.443 bits per heavy atom. The number of hydrogen-bond acceptors (Lipinski definition) is 6. The minimum Gasteiger partial charge on any atom is -0.480 e. The summed E-state index contributed by atoms with van der Waals surface area (Å²) in [6.45, 7) is 24.4. The SMILES string of the molecule is CC(=O)N[C@@H](CSC/C=C(\C)CC/C=C(\C)CC/C=C(\C)CCC=C(C)C)C(=O)N[C@@H](C)C(=O)N[C@@H](CSC/C=C(\C)CC/C=C(\C)CC/C=C(\C)CCC=C(C)C)C(=O)O. The Labute approximate surface area is 380 Å². The summed E-state index contributed by atoms with van der Waals surface area (Å²) >= 11 is 2.96. The number of allylic oxidation sites excluding steroid dienone is 14. The molecule has 3 amide bonds. The highest BCUT2D eigenvalue weighted by Crippen LogP contribution is 2.17. The van der Waals surface area contributed by atoms with Gasteiger partial charge in [0.05, 0.1) is 0 Å². The van der Waals surface area contributed by atoms with E-state index in [9.17, 15) is 24.3 Å². The van der Waals surface area contributed by atoms with Crippen molar-refractivity contribution in [1.29, 1.82) is 0 Å². The van der Waals surface area contributed by atoms with Crippen LogP contribution in [0.15, 0.2) is 93.2 Å². The highest BCUT2D eigenvalue weighted by molar-refractivity contribution is 7.99. The summed E-state index contributed by atoms with van der Waals surface area (Å²) in [5.74, 6) is -0.732. The largest absolute Gasteiger partial charge is 0.480 e. The number of nitrogens with one attached hydrogen (secondary N) is 3. The lowest BCUT2D eigenvalue weighted by atomic mass is 10.0. The van der Waals surface area contributed by atoms with Gasteiger partial charge in [0.15, 0.2) is 0 Å². The standard InChI is InChI=1S/C51H83N3O5S2/c1-37(2)19-13-21-39(5)23-15-25-41(7)27-17-29-43(9)31-33-60-35-47(53-46(12)55)50(57)52-45(11)49(56)54-48(51(58)59)36-61-34-32-44(10)30-18-28-42(8)26-16-24-40(6)22-14-20-38(3)4/h19-20,23-24,27-28,31-32,45,47-48H,13-18,21-22,25-26,29-30,33-36H2,1-12H3,(H,52,57)(H,53,55)(H,54,56)(H,58,59)/b39-23+,40-24+,41-27+,42-28+,43-31+,44-32+/t45-,47-,48-/m0/s1. The molecule has 8 nitrogen and oxygen atoms in total. The lowest BCUT2D eigenvalue weighted by Crippen LogP contribution is -2.55. The fraction of sp³-hybridized carbons (Fsp3) is 0.608. The molecule has 0 radical (unpaired) electrons. The number of carboxylic acid groups (broad SMARTS) is 1. The van der Waals surface area contributed by atoms with Crippen molar-refractivity contribution in [1.82, 2.24) is 16.0 Å². The number of aliphatic carboxylic acids is 1. The van der Waals surface area contributed by atoms with Gasteiger partial charge in [0, 0.05) is 29.9 Å². The third-order valence-corrected chi connectivity index (χ3v) is 12.0. The van der Waals surface area contributed by atoms with Gasteiger partial charge in [0.1, 0.15) is 18.1 Å². The Hall–Kier alpha value is -3.50. The van der Waals surface area contributed by atoms with E-state index in [1.807, 2.05) is 0 Å². The molecule has 10 heteroatoms. The molecule has 0 aliphatic heterocycles. The van der Waals surface area contributed by atoms with Gasteiger partial charge in [-0.15, -0.1) is 0 Å². The van der Waals surface area contributed by atoms with Crippen molar-refractivity contribution in [3.8, 4) is 0 Å². The predicted octanol–water partition coefficient (Wildman–Crippen LogP) is 12.3. The van der Waals surface area contributed by atoms with Gasteiger partial charge in [-0.05, 0) is 153 Å². The van der Waals surface area contributed by atoms with E-state index in [-0.39, 0.29) is 11.7 Å². The Balaban J connectivity index is 4.78. The summed E-state index contributed by atoms with van der Waals surface area (Å²) in [6.07, 6.45) is 30.7. The molecule has 0 heterocycles. The zero-order chi connectivity index (χ0) is 46.2. The number of carbonyl (C=O) groups excluding carboxylic acids is 3. The highest BCUT2D eigenvalue weighted by Gasteiger charge is 2.27. The Morgan fingerprint density at radius 2 is 0.770 bits per heavy atom. The van der Waals surface area contributed by atoms with E-state index in [0.29, 0.717) is 17.3 Å². The van der Waals surface area contributed by atoms with Crippen LogP contribution in [-0.2, 0) is 19.2 Å². The van der Waals surface area contributed by atoms with Gasteiger partial charge in [-0.3, -0.25) is 14.4 Å². The minimum absolute atomic E-state index is 0.189. The first-order valence-electron chi connectivity index (χ1n) is 22.3. The molecule has 0 saturated heterocycles. The topological polar surface area (TPSA) is 125 Å². The van der Waals surface area contributed by atoms with Gasteiger partial charge in [0.25, 0.3) is 0 Å². The quantitative estimate of drug-likeness (QED) is 0.0392. The molecule has 4 N–H and O–H groups in total. The summed E-state index contributed by atoms with van der Waals surface area (Å²) in [6, 6.07) is -2.93. The number of carbonyl (C=O) groups is 4. The molecular formula is C51H83N3O5S2. The van der Waals surface area contributed by atoms with Crippen LogP contribution < -0.4 is 16.0 Å².